The van der Waals surface area contributed by atoms with Crippen LogP contribution in [-0.4, -0.2) is 32.5 Å². The fourth-order valence-electron chi connectivity index (χ4n) is 1.68. The predicted octanol–water partition coefficient (Wildman–Crippen LogP) is 1.34. The van der Waals surface area contributed by atoms with Crippen molar-refractivity contribution in [2.45, 2.75) is 19.8 Å². The van der Waals surface area contributed by atoms with E-state index >= 15 is 0 Å². The Morgan fingerprint density at radius 3 is 2.53 bits per heavy atom. The first-order chi connectivity index (χ1) is 9.06. The van der Waals surface area contributed by atoms with E-state index in [2.05, 4.69) is 5.32 Å². The normalized spacial score (nSPS) is 9.84. The summed E-state index contributed by atoms with van der Waals surface area (Å²) in [6, 6.07) is 5.54. The number of ketones is 1. The van der Waals surface area contributed by atoms with Crippen LogP contribution in [0.2, 0.25) is 0 Å². The standard InChI is InChI=1S/C14H19NO4/c1-10(16)8-14(17)15-7-6-11-4-5-12(18-2)9-13(11)19-3/h4-5,9H,6-8H2,1-3H3,(H,15,17). The average Bonchev–Trinajstić information content (AvgIpc) is 2.38. The van der Waals surface area contributed by atoms with Crippen molar-refractivity contribution < 1.29 is 19.1 Å². The first-order valence-corrected chi connectivity index (χ1v) is 6.04. The van der Waals surface area contributed by atoms with Crippen LogP contribution >= 0.6 is 0 Å². The molecule has 1 aromatic carbocycles. The predicted molar refractivity (Wildman–Crippen MR) is 71.6 cm³/mol. The Hall–Kier alpha value is -2.04. The van der Waals surface area contributed by atoms with Crippen molar-refractivity contribution in [1.82, 2.24) is 5.32 Å². The van der Waals surface area contributed by atoms with E-state index in [0.29, 0.717) is 13.0 Å². The number of nitrogens with one attached hydrogen (secondary N) is 1. The molecule has 0 aliphatic heterocycles. The summed E-state index contributed by atoms with van der Waals surface area (Å²) in [6.07, 6.45) is 0.566. The van der Waals surface area contributed by atoms with Crippen molar-refractivity contribution in [1.29, 1.82) is 0 Å². The van der Waals surface area contributed by atoms with Crippen LogP contribution in [0.15, 0.2) is 18.2 Å². The number of methoxy groups -OCH3 is 2. The van der Waals surface area contributed by atoms with E-state index in [0.717, 1.165) is 17.1 Å². The van der Waals surface area contributed by atoms with Crippen molar-refractivity contribution in [3.63, 3.8) is 0 Å². The van der Waals surface area contributed by atoms with Gasteiger partial charge in [0.25, 0.3) is 0 Å². The van der Waals surface area contributed by atoms with Gasteiger partial charge in [-0.25, -0.2) is 0 Å². The molecule has 0 bridgehead atoms. The highest BCUT2D eigenvalue weighted by Crippen LogP contribution is 2.24. The molecule has 0 unspecified atom stereocenters. The minimum absolute atomic E-state index is 0.0697. The summed E-state index contributed by atoms with van der Waals surface area (Å²) < 4.78 is 10.4. The fraction of sp³-hybridized carbons (Fsp3) is 0.429. The lowest BCUT2D eigenvalue weighted by atomic mass is 10.1. The van der Waals surface area contributed by atoms with Crippen LogP contribution in [0.25, 0.3) is 0 Å². The van der Waals surface area contributed by atoms with E-state index in [1.54, 1.807) is 20.3 Å². The van der Waals surface area contributed by atoms with Gasteiger partial charge in [0.2, 0.25) is 5.91 Å². The highest BCUT2D eigenvalue weighted by Gasteiger charge is 2.07. The number of benzene rings is 1. The number of rotatable bonds is 7. The minimum atomic E-state index is -0.250. The molecule has 1 aromatic rings. The second-order valence-electron chi connectivity index (χ2n) is 4.16. The molecular weight excluding hydrogens is 246 g/mol. The summed E-state index contributed by atoms with van der Waals surface area (Å²) >= 11 is 0. The summed E-state index contributed by atoms with van der Waals surface area (Å²) in [5.74, 6) is 1.06. The molecule has 0 aromatic heterocycles. The monoisotopic (exact) mass is 265 g/mol. The third-order valence-corrected chi connectivity index (χ3v) is 2.62. The number of carbonyl (C=O) groups is 2. The number of ether oxygens (including phenoxy) is 2. The molecule has 0 atom stereocenters. The van der Waals surface area contributed by atoms with E-state index in [-0.39, 0.29) is 18.1 Å². The van der Waals surface area contributed by atoms with Gasteiger partial charge in [-0.3, -0.25) is 9.59 Å². The zero-order chi connectivity index (χ0) is 14.3. The summed E-state index contributed by atoms with van der Waals surface area (Å²) in [4.78, 5) is 22.1. The maximum atomic E-state index is 11.3. The molecule has 19 heavy (non-hydrogen) atoms. The third kappa shape index (κ3) is 4.99. The van der Waals surface area contributed by atoms with Gasteiger partial charge in [0, 0.05) is 12.6 Å². The first-order valence-electron chi connectivity index (χ1n) is 6.04. The maximum Gasteiger partial charge on any atom is 0.227 e. The molecule has 0 saturated heterocycles. The number of hydrogen-bond donors (Lipinski definition) is 1. The van der Waals surface area contributed by atoms with Crippen molar-refractivity contribution in [2.75, 3.05) is 20.8 Å². The zero-order valence-corrected chi connectivity index (χ0v) is 11.5. The molecule has 0 saturated carbocycles. The number of Topliss-reactive ketones (excluding diaryl/α,β-unsaturated/α-hetero) is 1. The van der Waals surface area contributed by atoms with Gasteiger partial charge in [0.1, 0.15) is 17.3 Å². The highest BCUT2D eigenvalue weighted by molar-refractivity contribution is 5.96. The molecule has 0 heterocycles. The van der Waals surface area contributed by atoms with Crippen LogP contribution < -0.4 is 14.8 Å². The topological polar surface area (TPSA) is 64.6 Å². The summed E-state index contributed by atoms with van der Waals surface area (Å²) in [5, 5.41) is 2.70. The van der Waals surface area contributed by atoms with Crippen LogP contribution in [0.5, 0.6) is 11.5 Å². The first kappa shape index (κ1) is 15.0. The van der Waals surface area contributed by atoms with Crippen molar-refractivity contribution in [2.24, 2.45) is 0 Å². The van der Waals surface area contributed by atoms with E-state index in [1.165, 1.54) is 6.92 Å². The summed E-state index contributed by atoms with van der Waals surface area (Å²) in [6.45, 7) is 1.86. The van der Waals surface area contributed by atoms with Crippen LogP contribution in [0.1, 0.15) is 18.9 Å². The number of carbonyl (C=O) groups excluding carboxylic acids is 2. The van der Waals surface area contributed by atoms with Gasteiger partial charge in [-0.2, -0.15) is 0 Å². The zero-order valence-electron chi connectivity index (χ0n) is 11.5. The molecule has 0 fully saturated rings. The Labute approximate surface area is 112 Å². The van der Waals surface area contributed by atoms with E-state index in [9.17, 15) is 9.59 Å². The second kappa shape index (κ2) is 7.41. The second-order valence-corrected chi connectivity index (χ2v) is 4.16. The molecule has 5 nitrogen and oxygen atoms in total. The molecule has 104 valence electrons. The smallest absolute Gasteiger partial charge is 0.227 e. The summed E-state index contributed by atoms with van der Waals surface area (Å²) in [5.41, 5.74) is 0.978. The van der Waals surface area contributed by atoms with Crippen molar-refractivity contribution in [3.8, 4) is 11.5 Å². The van der Waals surface area contributed by atoms with Gasteiger partial charge in [-0.05, 0) is 25.0 Å². The van der Waals surface area contributed by atoms with Gasteiger partial charge in [0.05, 0.1) is 20.6 Å². The van der Waals surface area contributed by atoms with Gasteiger partial charge in [-0.15, -0.1) is 0 Å². The third-order valence-electron chi connectivity index (χ3n) is 2.62. The van der Waals surface area contributed by atoms with Crippen LogP contribution in [-0.2, 0) is 16.0 Å². The minimum Gasteiger partial charge on any atom is -0.497 e. The van der Waals surface area contributed by atoms with Gasteiger partial charge >= 0.3 is 0 Å². The molecule has 0 radical (unpaired) electrons. The molecular formula is C14H19NO4. The van der Waals surface area contributed by atoms with Crippen LogP contribution in [0, 0.1) is 0 Å². The van der Waals surface area contributed by atoms with E-state index in [1.807, 2.05) is 12.1 Å². The van der Waals surface area contributed by atoms with Crippen LogP contribution in [0.4, 0.5) is 0 Å². The molecule has 0 aliphatic carbocycles. The van der Waals surface area contributed by atoms with Gasteiger partial charge in [-0.1, -0.05) is 6.07 Å². The molecule has 1 amide bonds. The van der Waals surface area contributed by atoms with Gasteiger partial charge in [0.15, 0.2) is 0 Å². The lowest BCUT2D eigenvalue weighted by molar-refractivity contribution is -0.127. The summed E-state index contributed by atoms with van der Waals surface area (Å²) in [7, 11) is 3.18. The molecule has 1 rings (SSSR count). The fourth-order valence-corrected chi connectivity index (χ4v) is 1.68. The highest BCUT2D eigenvalue weighted by atomic mass is 16.5. The average molecular weight is 265 g/mol. The Morgan fingerprint density at radius 2 is 1.95 bits per heavy atom. The SMILES string of the molecule is COc1ccc(CCNC(=O)CC(C)=O)c(OC)c1. The van der Waals surface area contributed by atoms with Crippen molar-refractivity contribution in [3.05, 3.63) is 23.8 Å². The largest absolute Gasteiger partial charge is 0.497 e. The quantitative estimate of drug-likeness (QED) is 0.756. The van der Waals surface area contributed by atoms with E-state index in [4.69, 9.17) is 9.47 Å². The lowest BCUT2D eigenvalue weighted by Gasteiger charge is -2.10. The Kier molecular flexibility index (Phi) is 5.85. The lowest BCUT2D eigenvalue weighted by Crippen LogP contribution is -2.27. The van der Waals surface area contributed by atoms with E-state index < -0.39 is 0 Å². The molecule has 5 heteroatoms. The Balaban J connectivity index is 2.53. The number of hydrogen-bond acceptors (Lipinski definition) is 4. The maximum absolute atomic E-state index is 11.3. The Morgan fingerprint density at radius 1 is 1.21 bits per heavy atom. The Bertz CT molecular complexity index is 457. The molecule has 0 aliphatic rings. The van der Waals surface area contributed by atoms with Crippen molar-refractivity contribution >= 4 is 11.7 Å². The van der Waals surface area contributed by atoms with Gasteiger partial charge < -0.3 is 14.8 Å². The number of amides is 1. The molecule has 0 spiro atoms. The molecule has 1 N–H and O–H groups in total. The van der Waals surface area contributed by atoms with Crippen LogP contribution in [0.3, 0.4) is 0 Å².